The van der Waals surface area contributed by atoms with Gasteiger partial charge in [0.2, 0.25) is 0 Å². The summed E-state index contributed by atoms with van der Waals surface area (Å²) in [5.74, 6) is 2.52. The van der Waals surface area contributed by atoms with Gasteiger partial charge in [-0.15, -0.1) is 0 Å². The Morgan fingerprint density at radius 2 is 1.20 bits per heavy atom. The molecule has 0 aliphatic heterocycles. The van der Waals surface area contributed by atoms with Gasteiger partial charge in [-0.3, -0.25) is 0 Å². The van der Waals surface area contributed by atoms with Crippen molar-refractivity contribution in [2.24, 2.45) is 0 Å². The molecule has 0 amide bonds. The average Bonchev–Trinajstić information content (AvgIpc) is 2.28. The summed E-state index contributed by atoms with van der Waals surface area (Å²) in [5.41, 5.74) is 0. The number of rotatable bonds is 7. The minimum atomic E-state index is -1.26. The van der Waals surface area contributed by atoms with Crippen LogP contribution in [-0.2, 0) is 0 Å². The van der Waals surface area contributed by atoms with Gasteiger partial charge < -0.3 is 0 Å². The SMILES string of the molecule is CCSCC.C[CH2][Sn][Sn]([CH2]C)([CH2]C)[CH2]C. The predicted octanol–water partition coefficient (Wildman–Crippen LogP) is 4.89. The van der Waals surface area contributed by atoms with Crippen LogP contribution in [0.3, 0.4) is 0 Å². The van der Waals surface area contributed by atoms with Crippen molar-refractivity contribution in [1.29, 1.82) is 0 Å². The van der Waals surface area contributed by atoms with Gasteiger partial charge in [0.25, 0.3) is 0 Å². The summed E-state index contributed by atoms with van der Waals surface area (Å²) in [5, 5.41) is 0. The molecule has 0 saturated heterocycles. The monoisotopic (exact) mass is 446 g/mol. The molecule has 0 rings (SSSR count). The van der Waals surface area contributed by atoms with Crippen molar-refractivity contribution in [3.8, 4) is 0 Å². The predicted molar refractivity (Wildman–Crippen MR) is 82.1 cm³/mol. The summed E-state index contributed by atoms with van der Waals surface area (Å²) < 4.78 is 6.53. The molecule has 15 heavy (non-hydrogen) atoms. The Morgan fingerprint density at radius 3 is 1.27 bits per heavy atom. The van der Waals surface area contributed by atoms with Crippen LogP contribution < -0.4 is 0 Å². The molecular weight excluding hydrogens is 414 g/mol. The van der Waals surface area contributed by atoms with Gasteiger partial charge >= 0.3 is 77.1 Å². The van der Waals surface area contributed by atoms with E-state index in [4.69, 9.17) is 0 Å². The van der Waals surface area contributed by atoms with Crippen LogP contribution in [0.4, 0.5) is 0 Å². The molecule has 0 aliphatic carbocycles. The van der Waals surface area contributed by atoms with E-state index in [1.54, 1.807) is 17.7 Å². The van der Waals surface area contributed by atoms with Gasteiger partial charge in [-0.2, -0.15) is 11.8 Å². The Kier molecular flexibility index (Phi) is 18.0. The molecular formula is C12H30SSn2. The Balaban J connectivity index is 0. The fraction of sp³-hybridized carbons (Fsp3) is 1.00. The van der Waals surface area contributed by atoms with E-state index in [-0.39, 0.29) is 17.2 Å². The van der Waals surface area contributed by atoms with E-state index in [0.717, 1.165) is 0 Å². The van der Waals surface area contributed by atoms with Crippen molar-refractivity contribution >= 4 is 43.4 Å². The van der Waals surface area contributed by atoms with Crippen molar-refractivity contribution in [2.45, 2.75) is 59.3 Å². The maximum absolute atomic E-state index is 2.46. The first-order valence-corrected chi connectivity index (χ1v) is 26.7. The first-order valence-electron chi connectivity index (χ1n) is 6.48. The molecule has 0 bridgehead atoms. The van der Waals surface area contributed by atoms with E-state index >= 15 is 0 Å². The standard InChI is InChI=1S/C4H10S.4C2H5.2Sn/c1-3-5-4-2;4*1-2;;/h3-4H2,1-2H3;4*1H2,2H3;;. The first-order chi connectivity index (χ1) is 7.16. The molecule has 0 atom stereocenters. The second-order valence-electron chi connectivity index (χ2n) is 3.65. The van der Waals surface area contributed by atoms with Crippen LogP contribution in [0.25, 0.3) is 0 Å². The average molecular weight is 444 g/mol. The van der Waals surface area contributed by atoms with E-state index in [1.807, 2.05) is 11.8 Å². The van der Waals surface area contributed by atoms with E-state index in [2.05, 4.69) is 41.5 Å². The van der Waals surface area contributed by atoms with E-state index in [0.29, 0.717) is 0 Å². The molecule has 92 valence electrons. The molecule has 2 radical (unpaired) electrons. The normalized spacial score (nSPS) is 10.8. The number of thioether (sulfide) groups is 1. The van der Waals surface area contributed by atoms with Gasteiger partial charge in [0.05, 0.1) is 0 Å². The van der Waals surface area contributed by atoms with Gasteiger partial charge in [0, 0.05) is 0 Å². The van der Waals surface area contributed by atoms with Crippen LogP contribution in [0.5, 0.6) is 0 Å². The fourth-order valence-corrected chi connectivity index (χ4v) is 39.4. The summed E-state index contributed by atoms with van der Waals surface area (Å²) in [4.78, 5) is 0. The molecule has 0 aromatic heterocycles. The summed E-state index contributed by atoms with van der Waals surface area (Å²) in [7, 11) is 0. The molecule has 0 heterocycles. The topological polar surface area (TPSA) is 0 Å². The van der Waals surface area contributed by atoms with Gasteiger partial charge in [-0.05, 0) is 11.5 Å². The minimum absolute atomic E-state index is 0.173. The van der Waals surface area contributed by atoms with Crippen LogP contribution >= 0.6 is 11.8 Å². The van der Waals surface area contributed by atoms with Crippen molar-refractivity contribution in [3.63, 3.8) is 0 Å². The Hall–Kier alpha value is 1.95. The van der Waals surface area contributed by atoms with E-state index < -0.39 is 14.4 Å². The third-order valence-electron chi connectivity index (χ3n) is 2.99. The zero-order valence-electron chi connectivity index (χ0n) is 11.7. The van der Waals surface area contributed by atoms with Crippen LogP contribution in [0.1, 0.15) is 41.5 Å². The number of hydrogen-bond acceptors (Lipinski definition) is 1. The molecule has 0 fully saturated rings. The zero-order chi connectivity index (χ0) is 12.2. The molecule has 0 saturated carbocycles. The van der Waals surface area contributed by atoms with Crippen molar-refractivity contribution in [2.75, 3.05) is 11.5 Å². The second kappa shape index (κ2) is 14.0. The van der Waals surface area contributed by atoms with Crippen LogP contribution in [0.15, 0.2) is 0 Å². The number of hydrogen-bond donors (Lipinski definition) is 0. The molecule has 0 nitrogen and oxygen atoms in total. The van der Waals surface area contributed by atoms with Crippen LogP contribution in [0.2, 0.25) is 17.7 Å². The van der Waals surface area contributed by atoms with Crippen molar-refractivity contribution < 1.29 is 0 Å². The molecule has 0 aliphatic rings. The van der Waals surface area contributed by atoms with E-state index in [1.165, 1.54) is 11.5 Å². The van der Waals surface area contributed by atoms with Crippen LogP contribution in [-0.4, -0.2) is 43.1 Å². The second-order valence-corrected chi connectivity index (χ2v) is 48.7. The van der Waals surface area contributed by atoms with Crippen molar-refractivity contribution in [3.05, 3.63) is 0 Å². The Morgan fingerprint density at radius 1 is 0.800 bits per heavy atom. The molecule has 0 aromatic rings. The molecule has 3 heteroatoms. The van der Waals surface area contributed by atoms with Gasteiger partial charge in [0.1, 0.15) is 0 Å². The maximum atomic E-state index is 2.46. The van der Waals surface area contributed by atoms with E-state index in [9.17, 15) is 0 Å². The summed E-state index contributed by atoms with van der Waals surface area (Å²) in [6.45, 7) is 14.1. The van der Waals surface area contributed by atoms with Gasteiger partial charge in [0.15, 0.2) is 0 Å². The zero-order valence-corrected chi connectivity index (χ0v) is 18.2. The third kappa shape index (κ3) is 10.8. The van der Waals surface area contributed by atoms with Crippen molar-refractivity contribution in [1.82, 2.24) is 0 Å². The first kappa shape index (κ1) is 19.3. The Bertz CT molecular complexity index is 104. The quantitative estimate of drug-likeness (QED) is 0.505. The summed E-state index contributed by atoms with van der Waals surface area (Å²) in [6, 6.07) is 0. The molecule has 0 unspecified atom stereocenters. The summed E-state index contributed by atoms with van der Waals surface area (Å²) >= 11 is 0.876. The van der Waals surface area contributed by atoms with Gasteiger partial charge in [-0.25, -0.2) is 0 Å². The fourth-order valence-electron chi connectivity index (χ4n) is 1.70. The molecule has 0 aromatic carbocycles. The van der Waals surface area contributed by atoms with Crippen LogP contribution in [0, 0.1) is 0 Å². The molecule has 0 spiro atoms. The molecule has 0 N–H and O–H groups in total. The Labute approximate surface area is 113 Å². The summed E-state index contributed by atoms with van der Waals surface area (Å²) in [6.07, 6.45) is 0. The third-order valence-corrected chi connectivity index (χ3v) is 60.0. The van der Waals surface area contributed by atoms with Gasteiger partial charge in [-0.1, -0.05) is 13.8 Å².